The summed E-state index contributed by atoms with van der Waals surface area (Å²) >= 11 is 0. The summed E-state index contributed by atoms with van der Waals surface area (Å²) in [4.78, 5) is 19.0. The first-order valence-corrected chi connectivity index (χ1v) is 11.6. The van der Waals surface area contributed by atoms with Gasteiger partial charge in [-0.25, -0.2) is 9.78 Å². The second kappa shape index (κ2) is 10.2. The number of rotatable bonds is 7. The molecule has 4 heterocycles. The van der Waals surface area contributed by atoms with E-state index in [1.807, 2.05) is 17.9 Å². The van der Waals surface area contributed by atoms with Crippen LogP contribution in [-0.2, 0) is 0 Å². The summed E-state index contributed by atoms with van der Waals surface area (Å²) < 4.78 is 42.9. The van der Waals surface area contributed by atoms with E-state index in [0.29, 0.717) is 36.0 Å². The number of carbonyl (C=O) groups excluding carboxylic acids is 1. The molecule has 0 saturated carbocycles. The predicted octanol–water partition coefficient (Wildman–Crippen LogP) is 4.88. The van der Waals surface area contributed by atoms with Gasteiger partial charge in [-0.3, -0.25) is 5.32 Å². The van der Waals surface area contributed by atoms with Crippen molar-refractivity contribution in [3.05, 3.63) is 47.8 Å². The fourth-order valence-corrected chi connectivity index (χ4v) is 4.83. The van der Waals surface area contributed by atoms with E-state index in [4.69, 9.17) is 4.42 Å². The maximum atomic E-state index is 13.1. The first kappa shape index (κ1) is 24.9. The molecule has 188 valence electrons. The highest BCUT2D eigenvalue weighted by molar-refractivity contribution is 5.90. The fraction of sp³-hybridized carbons (Fsp3) is 0.500. The van der Waals surface area contributed by atoms with Crippen molar-refractivity contribution in [2.75, 3.05) is 11.9 Å². The summed E-state index contributed by atoms with van der Waals surface area (Å²) in [5, 5.41) is 14.1. The average molecular weight is 491 g/mol. The molecule has 2 aliphatic heterocycles. The van der Waals surface area contributed by atoms with Gasteiger partial charge in [0.1, 0.15) is 0 Å². The smallest absolute Gasteiger partial charge is 0.390 e. The van der Waals surface area contributed by atoms with Crippen LogP contribution in [0.3, 0.4) is 0 Å². The molecule has 3 atom stereocenters. The van der Waals surface area contributed by atoms with Crippen LogP contribution in [0.5, 0.6) is 0 Å². The minimum Gasteiger partial charge on any atom is -0.441 e. The van der Waals surface area contributed by atoms with Gasteiger partial charge in [0.2, 0.25) is 0 Å². The molecule has 35 heavy (non-hydrogen) atoms. The third-order valence-electron chi connectivity index (χ3n) is 6.50. The number of fused-ring (bicyclic) bond motifs is 2. The summed E-state index contributed by atoms with van der Waals surface area (Å²) in [7, 11) is 0. The third kappa shape index (κ3) is 6.08. The SMILES string of the molecule is C=C/C(=C\c1cc(NC(=O)N2[C@@H]3CC[C@H]2C[C@H](NCCC(F)(F)F)C3)nnc1C)c1cnc(C)o1. The van der Waals surface area contributed by atoms with Crippen LogP contribution >= 0.6 is 0 Å². The van der Waals surface area contributed by atoms with Crippen molar-refractivity contribution in [1.82, 2.24) is 25.4 Å². The van der Waals surface area contributed by atoms with Crippen molar-refractivity contribution in [2.24, 2.45) is 0 Å². The Labute approximate surface area is 201 Å². The molecule has 8 nitrogen and oxygen atoms in total. The lowest BCUT2D eigenvalue weighted by Gasteiger charge is -2.39. The lowest BCUT2D eigenvalue weighted by atomic mass is 9.97. The number of aromatic nitrogens is 3. The van der Waals surface area contributed by atoms with Gasteiger partial charge in [0.05, 0.1) is 18.3 Å². The van der Waals surface area contributed by atoms with Crippen LogP contribution in [0.4, 0.5) is 23.8 Å². The van der Waals surface area contributed by atoms with E-state index in [9.17, 15) is 18.0 Å². The van der Waals surface area contributed by atoms with Gasteiger partial charge in [-0.05, 0) is 44.7 Å². The number of carbonyl (C=O) groups is 1. The molecule has 0 aromatic carbocycles. The molecular weight excluding hydrogens is 461 g/mol. The Morgan fingerprint density at radius 1 is 1.26 bits per heavy atom. The lowest BCUT2D eigenvalue weighted by Crippen LogP contribution is -2.53. The van der Waals surface area contributed by atoms with Crippen LogP contribution in [-0.4, -0.2) is 57.0 Å². The topological polar surface area (TPSA) is 96.2 Å². The molecular formula is C24H29F3N6O2. The van der Waals surface area contributed by atoms with Crippen LogP contribution in [0, 0.1) is 13.8 Å². The van der Waals surface area contributed by atoms with Gasteiger partial charge in [-0.15, -0.1) is 5.10 Å². The quantitative estimate of drug-likeness (QED) is 0.537. The second-order valence-electron chi connectivity index (χ2n) is 9.03. The van der Waals surface area contributed by atoms with Crippen molar-refractivity contribution < 1.29 is 22.4 Å². The molecule has 0 aliphatic carbocycles. The van der Waals surface area contributed by atoms with Gasteiger partial charge in [0, 0.05) is 42.7 Å². The van der Waals surface area contributed by atoms with Crippen LogP contribution in [0.1, 0.15) is 55.0 Å². The molecule has 2 aromatic heterocycles. The first-order valence-electron chi connectivity index (χ1n) is 11.6. The number of hydrogen-bond acceptors (Lipinski definition) is 6. The van der Waals surface area contributed by atoms with Crippen LogP contribution in [0.15, 0.2) is 29.3 Å². The number of anilines is 1. The van der Waals surface area contributed by atoms with Crippen molar-refractivity contribution in [3.8, 4) is 0 Å². The largest absolute Gasteiger partial charge is 0.441 e. The molecule has 0 radical (unpaired) electrons. The van der Waals surface area contributed by atoms with E-state index in [0.717, 1.165) is 24.0 Å². The van der Waals surface area contributed by atoms with E-state index >= 15 is 0 Å². The van der Waals surface area contributed by atoms with E-state index in [2.05, 4.69) is 32.4 Å². The highest BCUT2D eigenvalue weighted by Gasteiger charge is 2.43. The molecule has 0 spiro atoms. The minimum atomic E-state index is -4.17. The maximum absolute atomic E-state index is 13.1. The number of nitrogens with one attached hydrogen (secondary N) is 2. The predicted molar refractivity (Wildman–Crippen MR) is 125 cm³/mol. The molecule has 11 heteroatoms. The number of urea groups is 1. The summed E-state index contributed by atoms with van der Waals surface area (Å²) in [5.41, 5.74) is 2.14. The molecule has 4 rings (SSSR count). The van der Waals surface area contributed by atoms with Gasteiger partial charge in [0.25, 0.3) is 0 Å². The standard InChI is InChI=1S/C24H29F3N6O2/c1-4-16(21-13-29-15(3)35-21)9-17-10-22(32-31-14(17)2)30-23(34)33-19-5-6-20(33)12-18(11-19)28-8-7-24(25,26)27/h4,9-10,13,18-20,28H,1,5-8,11-12H2,2-3H3,(H,30,32,34)/b16-9+/t18-,19-,20+. The number of nitrogens with zero attached hydrogens (tertiary/aromatic N) is 4. The fourth-order valence-electron chi connectivity index (χ4n) is 4.83. The Hall–Kier alpha value is -3.21. The average Bonchev–Trinajstić information content (AvgIpc) is 3.33. The van der Waals surface area contributed by atoms with Crippen molar-refractivity contribution >= 4 is 23.5 Å². The number of alkyl halides is 3. The Kier molecular flexibility index (Phi) is 7.25. The zero-order chi connectivity index (χ0) is 25.2. The molecule has 0 unspecified atom stereocenters. The number of aryl methyl sites for hydroxylation is 2. The van der Waals surface area contributed by atoms with Gasteiger partial charge >= 0.3 is 12.2 Å². The summed E-state index contributed by atoms with van der Waals surface area (Å²) in [6.45, 7) is 7.30. The summed E-state index contributed by atoms with van der Waals surface area (Å²) in [5.74, 6) is 1.43. The van der Waals surface area contributed by atoms with E-state index < -0.39 is 12.6 Å². The zero-order valence-corrected chi connectivity index (χ0v) is 19.7. The lowest BCUT2D eigenvalue weighted by molar-refractivity contribution is -0.133. The second-order valence-corrected chi connectivity index (χ2v) is 9.03. The Balaban J connectivity index is 1.42. The summed E-state index contributed by atoms with van der Waals surface area (Å²) in [6, 6.07) is 1.41. The molecule has 2 bridgehead atoms. The van der Waals surface area contributed by atoms with Crippen molar-refractivity contribution in [1.29, 1.82) is 0 Å². The van der Waals surface area contributed by atoms with E-state index in [-0.39, 0.29) is 30.7 Å². The van der Waals surface area contributed by atoms with Crippen molar-refractivity contribution in [3.63, 3.8) is 0 Å². The van der Waals surface area contributed by atoms with Crippen LogP contribution < -0.4 is 10.6 Å². The number of amides is 2. The molecule has 2 aromatic rings. The highest BCUT2D eigenvalue weighted by Crippen LogP contribution is 2.36. The Morgan fingerprint density at radius 2 is 1.97 bits per heavy atom. The highest BCUT2D eigenvalue weighted by atomic mass is 19.4. The zero-order valence-electron chi connectivity index (χ0n) is 19.7. The molecule has 2 aliphatic rings. The Morgan fingerprint density at radius 3 is 2.57 bits per heavy atom. The van der Waals surface area contributed by atoms with Gasteiger partial charge < -0.3 is 14.6 Å². The third-order valence-corrected chi connectivity index (χ3v) is 6.50. The van der Waals surface area contributed by atoms with Crippen LogP contribution in [0.2, 0.25) is 0 Å². The normalized spacial score (nSPS) is 22.4. The summed E-state index contributed by atoms with van der Waals surface area (Å²) in [6.07, 6.45) is 3.03. The number of allylic oxidation sites excluding steroid dienone is 2. The van der Waals surface area contributed by atoms with Gasteiger partial charge in [-0.2, -0.15) is 18.3 Å². The minimum absolute atomic E-state index is 0.0167. The van der Waals surface area contributed by atoms with E-state index in [1.165, 1.54) is 0 Å². The van der Waals surface area contributed by atoms with Crippen LogP contribution in [0.25, 0.3) is 11.6 Å². The molecule has 2 fully saturated rings. The number of piperidine rings is 1. The monoisotopic (exact) mass is 490 g/mol. The molecule has 2 N–H and O–H groups in total. The number of hydrogen-bond donors (Lipinski definition) is 2. The van der Waals surface area contributed by atoms with E-state index in [1.54, 1.807) is 25.3 Å². The number of halogens is 3. The molecule has 2 saturated heterocycles. The maximum Gasteiger partial charge on any atom is 0.390 e. The molecule has 2 amide bonds. The van der Waals surface area contributed by atoms with Gasteiger partial charge in [-0.1, -0.05) is 12.7 Å². The van der Waals surface area contributed by atoms with Gasteiger partial charge in [0.15, 0.2) is 17.5 Å². The first-order chi connectivity index (χ1) is 16.6. The van der Waals surface area contributed by atoms with Crippen molar-refractivity contribution in [2.45, 2.75) is 70.3 Å². The number of oxazole rings is 1. The Bertz CT molecular complexity index is 1100.